The van der Waals surface area contributed by atoms with Gasteiger partial charge in [-0.1, -0.05) is 12.8 Å². The van der Waals surface area contributed by atoms with Crippen molar-refractivity contribution < 1.29 is 9.50 Å². The van der Waals surface area contributed by atoms with Crippen LogP contribution in [-0.4, -0.2) is 10.6 Å². The van der Waals surface area contributed by atoms with Gasteiger partial charge in [-0.15, -0.1) is 0 Å². The Morgan fingerprint density at radius 2 is 2.06 bits per heavy atom. The molecule has 1 aliphatic carbocycles. The molecule has 1 fully saturated rings. The summed E-state index contributed by atoms with van der Waals surface area (Å²) < 4.78 is 13.0. The fourth-order valence-corrected chi connectivity index (χ4v) is 2.34. The van der Waals surface area contributed by atoms with Crippen LogP contribution in [0.15, 0.2) is 18.2 Å². The van der Waals surface area contributed by atoms with Gasteiger partial charge in [0.2, 0.25) is 0 Å². The van der Waals surface area contributed by atoms with Crippen molar-refractivity contribution in [3.8, 4) is 5.75 Å². The first-order chi connectivity index (χ1) is 7.59. The molecule has 88 valence electrons. The second-order valence-electron chi connectivity index (χ2n) is 4.89. The minimum atomic E-state index is -0.300. The number of hydrogen-bond acceptors (Lipinski definition) is 2. The summed E-state index contributed by atoms with van der Waals surface area (Å²) in [7, 11) is 0. The normalized spacial score (nSPS) is 18.9. The van der Waals surface area contributed by atoms with Crippen LogP contribution >= 0.6 is 0 Å². The summed E-state index contributed by atoms with van der Waals surface area (Å²) >= 11 is 0. The second kappa shape index (κ2) is 4.42. The molecular weight excluding hydrogens is 205 g/mol. The van der Waals surface area contributed by atoms with E-state index >= 15 is 0 Å². The van der Waals surface area contributed by atoms with E-state index in [0.29, 0.717) is 12.1 Å². The predicted molar refractivity (Wildman–Crippen MR) is 61.8 cm³/mol. The molecule has 0 atom stereocenters. The highest BCUT2D eigenvalue weighted by atomic mass is 19.1. The summed E-state index contributed by atoms with van der Waals surface area (Å²) in [5.41, 5.74) is 0.784. The number of nitrogens with one attached hydrogen (secondary N) is 1. The molecule has 2 N–H and O–H groups in total. The van der Waals surface area contributed by atoms with Crippen molar-refractivity contribution in [2.75, 3.05) is 0 Å². The molecule has 3 heteroatoms. The molecule has 2 rings (SSSR count). The molecule has 16 heavy (non-hydrogen) atoms. The topological polar surface area (TPSA) is 32.3 Å². The molecule has 1 aromatic carbocycles. The molecule has 0 saturated heterocycles. The van der Waals surface area contributed by atoms with Gasteiger partial charge in [-0.3, -0.25) is 0 Å². The summed E-state index contributed by atoms with van der Waals surface area (Å²) in [5, 5.41) is 13.0. The van der Waals surface area contributed by atoms with E-state index in [1.165, 1.54) is 31.0 Å². The second-order valence-corrected chi connectivity index (χ2v) is 4.89. The Kier molecular flexibility index (Phi) is 3.15. The monoisotopic (exact) mass is 223 g/mol. The third-order valence-electron chi connectivity index (χ3n) is 3.45. The molecule has 0 heterocycles. The van der Waals surface area contributed by atoms with Gasteiger partial charge < -0.3 is 10.4 Å². The minimum absolute atomic E-state index is 0.152. The molecule has 0 radical (unpaired) electrons. The zero-order valence-corrected chi connectivity index (χ0v) is 9.59. The molecule has 0 amide bonds. The summed E-state index contributed by atoms with van der Waals surface area (Å²) in [4.78, 5) is 0. The SMILES string of the molecule is CC1(NCc2cc(F)ccc2O)CCCC1. The van der Waals surface area contributed by atoms with Gasteiger partial charge in [0.25, 0.3) is 0 Å². The van der Waals surface area contributed by atoms with E-state index in [4.69, 9.17) is 0 Å². The average molecular weight is 223 g/mol. The Labute approximate surface area is 95.5 Å². The molecule has 2 nitrogen and oxygen atoms in total. The van der Waals surface area contributed by atoms with Gasteiger partial charge in [0, 0.05) is 17.6 Å². The zero-order chi connectivity index (χ0) is 11.6. The van der Waals surface area contributed by atoms with Gasteiger partial charge in [-0.05, 0) is 38.0 Å². The van der Waals surface area contributed by atoms with Crippen LogP contribution in [0.3, 0.4) is 0 Å². The van der Waals surface area contributed by atoms with E-state index in [-0.39, 0.29) is 17.1 Å². The molecule has 0 aliphatic heterocycles. The third kappa shape index (κ3) is 2.53. The summed E-state index contributed by atoms with van der Waals surface area (Å²) in [5.74, 6) is -0.137. The Morgan fingerprint density at radius 1 is 1.38 bits per heavy atom. The van der Waals surface area contributed by atoms with E-state index in [2.05, 4.69) is 12.2 Å². The van der Waals surface area contributed by atoms with Crippen molar-refractivity contribution >= 4 is 0 Å². The molecule has 0 unspecified atom stereocenters. The fraction of sp³-hybridized carbons (Fsp3) is 0.538. The van der Waals surface area contributed by atoms with Crippen LogP contribution in [0.1, 0.15) is 38.2 Å². The molecule has 0 spiro atoms. The Bertz CT molecular complexity index is 372. The van der Waals surface area contributed by atoms with Crippen LogP contribution in [-0.2, 0) is 6.54 Å². The lowest BCUT2D eigenvalue weighted by Gasteiger charge is -2.25. The highest BCUT2D eigenvalue weighted by Crippen LogP contribution is 2.29. The van der Waals surface area contributed by atoms with E-state index in [1.807, 2.05) is 0 Å². The Balaban J connectivity index is 2.01. The van der Waals surface area contributed by atoms with Gasteiger partial charge in [0.1, 0.15) is 11.6 Å². The summed E-state index contributed by atoms with van der Waals surface area (Å²) in [6, 6.07) is 4.07. The number of hydrogen-bond donors (Lipinski definition) is 2. The van der Waals surface area contributed by atoms with E-state index < -0.39 is 0 Å². The van der Waals surface area contributed by atoms with Crippen LogP contribution in [0.2, 0.25) is 0 Å². The maximum Gasteiger partial charge on any atom is 0.123 e. The molecule has 1 aromatic rings. The van der Waals surface area contributed by atoms with Crippen LogP contribution in [0.4, 0.5) is 4.39 Å². The Morgan fingerprint density at radius 3 is 2.75 bits per heavy atom. The average Bonchev–Trinajstić information content (AvgIpc) is 2.67. The summed E-state index contributed by atoms with van der Waals surface area (Å²) in [6.45, 7) is 2.72. The predicted octanol–water partition coefficient (Wildman–Crippen LogP) is 2.95. The molecule has 0 aromatic heterocycles. The lowest BCUT2D eigenvalue weighted by molar-refractivity contribution is 0.357. The molecule has 1 saturated carbocycles. The lowest BCUT2D eigenvalue weighted by atomic mass is 10.00. The maximum absolute atomic E-state index is 13.0. The zero-order valence-electron chi connectivity index (χ0n) is 9.59. The van der Waals surface area contributed by atoms with Gasteiger partial charge >= 0.3 is 0 Å². The van der Waals surface area contributed by atoms with E-state index in [0.717, 1.165) is 12.8 Å². The van der Waals surface area contributed by atoms with E-state index in [1.54, 1.807) is 0 Å². The smallest absolute Gasteiger partial charge is 0.123 e. The van der Waals surface area contributed by atoms with Gasteiger partial charge in [-0.25, -0.2) is 4.39 Å². The van der Waals surface area contributed by atoms with Crippen molar-refractivity contribution in [1.82, 2.24) is 5.32 Å². The van der Waals surface area contributed by atoms with Gasteiger partial charge in [0.15, 0.2) is 0 Å². The molecule has 1 aliphatic rings. The van der Waals surface area contributed by atoms with Crippen LogP contribution in [0, 0.1) is 5.82 Å². The quantitative estimate of drug-likeness (QED) is 0.825. The van der Waals surface area contributed by atoms with Gasteiger partial charge in [0.05, 0.1) is 0 Å². The van der Waals surface area contributed by atoms with Crippen LogP contribution < -0.4 is 5.32 Å². The van der Waals surface area contributed by atoms with Crippen LogP contribution in [0.5, 0.6) is 5.75 Å². The van der Waals surface area contributed by atoms with Crippen molar-refractivity contribution in [1.29, 1.82) is 0 Å². The maximum atomic E-state index is 13.0. The number of rotatable bonds is 3. The van der Waals surface area contributed by atoms with Crippen molar-refractivity contribution in [3.63, 3.8) is 0 Å². The first-order valence-electron chi connectivity index (χ1n) is 5.81. The number of halogens is 1. The summed E-state index contributed by atoms with van der Waals surface area (Å²) in [6.07, 6.45) is 4.81. The largest absolute Gasteiger partial charge is 0.508 e. The minimum Gasteiger partial charge on any atom is -0.508 e. The van der Waals surface area contributed by atoms with Crippen LogP contribution in [0.25, 0.3) is 0 Å². The van der Waals surface area contributed by atoms with Crippen molar-refractivity contribution in [2.24, 2.45) is 0 Å². The Hall–Kier alpha value is -1.09. The number of aromatic hydroxyl groups is 1. The molecule has 0 bridgehead atoms. The first-order valence-corrected chi connectivity index (χ1v) is 5.81. The third-order valence-corrected chi connectivity index (χ3v) is 3.45. The first kappa shape index (κ1) is 11.4. The van der Waals surface area contributed by atoms with E-state index in [9.17, 15) is 9.50 Å². The highest BCUT2D eigenvalue weighted by molar-refractivity contribution is 5.32. The standard InChI is InChI=1S/C13H18FNO/c1-13(6-2-3-7-13)15-9-10-8-11(14)4-5-12(10)16/h4-5,8,15-16H,2-3,6-7,9H2,1H3. The highest BCUT2D eigenvalue weighted by Gasteiger charge is 2.27. The van der Waals surface area contributed by atoms with Gasteiger partial charge in [-0.2, -0.15) is 0 Å². The lowest BCUT2D eigenvalue weighted by Crippen LogP contribution is -2.38. The molecular formula is C13H18FNO. The number of phenols is 1. The van der Waals surface area contributed by atoms with Crippen molar-refractivity contribution in [3.05, 3.63) is 29.6 Å². The number of phenolic OH excluding ortho intramolecular Hbond substituents is 1. The fourth-order valence-electron chi connectivity index (χ4n) is 2.34. The van der Waals surface area contributed by atoms with Crippen molar-refractivity contribution in [2.45, 2.75) is 44.7 Å². The number of benzene rings is 1.